The summed E-state index contributed by atoms with van der Waals surface area (Å²) in [6.07, 6.45) is 0. The second kappa shape index (κ2) is 13.4. The van der Waals surface area contributed by atoms with E-state index in [4.69, 9.17) is 0 Å². The summed E-state index contributed by atoms with van der Waals surface area (Å²) in [5, 5.41) is 5.10. The Morgan fingerprint density at radius 1 is 0.328 bits per heavy atom. The average molecular weight is 781 g/mol. The number of hydrogen-bond acceptors (Lipinski definition) is 1. The Kier molecular flexibility index (Phi) is 7.73. The Morgan fingerprint density at radius 2 is 0.869 bits per heavy atom. The highest BCUT2D eigenvalue weighted by Crippen LogP contribution is 2.51. The number of benzene rings is 9. The first-order chi connectivity index (χ1) is 29.9. The van der Waals surface area contributed by atoms with Crippen molar-refractivity contribution in [1.82, 2.24) is 9.13 Å². The molecule has 0 saturated carbocycles. The van der Waals surface area contributed by atoms with Crippen LogP contribution in [-0.2, 0) is 5.41 Å². The van der Waals surface area contributed by atoms with Crippen molar-refractivity contribution in [3.8, 4) is 55.9 Å². The van der Waals surface area contributed by atoms with Gasteiger partial charge in [-0.15, -0.1) is 0 Å². The molecule has 1 aliphatic rings. The van der Waals surface area contributed by atoms with Crippen LogP contribution in [0, 0.1) is 0 Å². The summed E-state index contributed by atoms with van der Waals surface area (Å²) >= 11 is 0. The molecule has 0 bridgehead atoms. The quantitative estimate of drug-likeness (QED) is 0.160. The Morgan fingerprint density at radius 3 is 1.59 bits per heavy atom. The van der Waals surface area contributed by atoms with Crippen LogP contribution in [0.3, 0.4) is 0 Å². The molecule has 288 valence electrons. The lowest BCUT2D eigenvalue weighted by Gasteiger charge is -2.21. The number of nitrogens with zero attached hydrogens (tertiary/aromatic N) is 2. The molecule has 2 heterocycles. The molecular weight excluding hydrogens is 741 g/mol. The molecule has 0 radical (unpaired) electrons. The molecule has 9 aromatic carbocycles. The number of fused-ring (bicyclic) bond motifs is 9. The summed E-state index contributed by atoms with van der Waals surface area (Å²) in [6.45, 7) is 4.70. The van der Waals surface area contributed by atoms with E-state index in [1.807, 2.05) is 47.0 Å². The van der Waals surface area contributed by atoms with E-state index in [1.54, 1.807) is 0 Å². The van der Waals surface area contributed by atoms with Gasteiger partial charge >= 0.3 is 0 Å². The van der Waals surface area contributed by atoms with Gasteiger partial charge in [0, 0.05) is 38.3 Å². The van der Waals surface area contributed by atoms with Crippen LogP contribution >= 0.6 is 0 Å². The predicted molar refractivity (Wildman–Crippen MR) is 255 cm³/mol. The van der Waals surface area contributed by atoms with Crippen molar-refractivity contribution in [3.63, 3.8) is 0 Å². The standard InChI is InChI=1S/C58H40N2O/c1-58(2)52-25-11-9-23-45(52)49-35-51-50-34-42(28-30-55(50)59(56(51)36-53(49)58)43-21-13-19-39(31-43)37-15-5-3-6-16-37)41-27-29-47-48(33-41)46-24-10-12-26-54(46)60(57(47)61)44-22-14-20-40(32-44)38-17-7-4-8-18-38/h3-36H,1-2H3. The maximum Gasteiger partial charge on any atom is 0.263 e. The normalized spacial score (nSPS) is 13.0. The summed E-state index contributed by atoms with van der Waals surface area (Å²) in [4.78, 5) is 14.6. The van der Waals surface area contributed by atoms with Crippen molar-refractivity contribution in [2.24, 2.45) is 0 Å². The second-order valence-electron chi connectivity index (χ2n) is 16.9. The topological polar surface area (TPSA) is 26.9 Å². The lowest BCUT2D eigenvalue weighted by molar-refractivity contribution is 0.661. The van der Waals surface area contributed by atoms with Gasteiger partial charge in [-0.1, -0.05) is 153 Å². The third-order valence-corrected chi connectivity index (χ3v) is 13.1. The zero-order valence-corrected chi connectivity index (χ0v) is 33.9. The van der Waals surface area contributed by atoms with E-state index in [9.17, 15) is 4.79 Å². The summed E-state index contributed by atoms with van der Waals surface area (Å²) in [7, 11) is 0. The van der Waals surface area contributed by atoms with Crippen LogP contribution in [-0.4, -0.2) is 9.13 Å². The number of pyridine rings is 1. The van der Waals surface area contributed by atoms with Crippen molar-refractivity contribution >= 4 is 43.5 Å². The average Bonchev–Trinajstić information content (AvgIpc) is 3.76. The van der Waals surface area contributed by atoms with Crippen LogP contribution in [0.25, 0.3) is 99.4 Å². The highest BCUT2D eigenvalue weighted by molar-refractivity contribution is 6.13. The minimum Gasteiger partial charge on any atom is -0.309 e. The second-order valence-corrected chi connectivity index (χ2v) is 16.9. The molecule has 2 aromatic heterocycles. The Bertz CT molecular complexity index is 3630. The number of aromatic nitrogens is 2. The molecule has 0 fully saturated rings. The van der Waals surface area contributed by atoms with Crippen LogP contribution < -0.4 is 5.56 Å². The Balaban J connectivity index is 1.06. The monoisotopic (exact) mass is 780 g/mol. The first-order valence-corrected chi connectivity index (χ1v) is 21.0. The SMILES string of the molecule is CC1(C)c2ccccc2-c2cc3c4cc(-c5ccc6c(=O)n(-c7cccc(-c8ccccc8)c7)c7ccccc7c6c5)ccc4n(-c4cccc(-c5ccccc5)c4)c3cc21. The zero-order chi connectivity index (χ0) is 40.8. The van der Waals surface area contributed by atoms with Crippen molar-refractivity contribution in [1.29, 1.82) is 0 Å². The third kappa shape index (κ3) is 5.40. The minimum absolute atomic E-state index is 0.0289. The van der Waals surface area contributed by atoms with E-state index in [2.05, 4.69) is 182 Å². The maximum absolute atomic E-state index is 14.6. The van der Waals surface area contributed by atoms with Crippen LogP contribution in [0.15, 0.2) is 211 Å². The van der Waals surface area contributed by atoms with Gasteiger partial charge in [0.05, 0.1) is 16.6 Å². The maximum atomic E-state index is 14.6. The van der Waals surface area contributed by atoms with Crippen LogP contribution in [0.4, 0.5) is 0 Å². The third-order valence-electron chi connectivity index (χ3n) is 13.1. The summed E-state index contributed by atoms with van der Waals surface area (Å²) in [6, 6.07) is 73.4. The van der Waals surface area contributed by atoms with Crippen LogP contribution in [0.1, 0.15) is 25.0 Å². The van der Waals surface area contributed by atoms with Crippen molar-refractivity contribution in [2.45, 2.75) is 19.3 Å². The van der Waals surface area contributed by atoms with Crippen molar-refractivity contribution in [3.05, 3.63) is 228 Å². The minimum atomic E-state index is -0.129. The molecule has 3 heteroatoms. The van der Waals surface area contributed by atoms with Gasteiger partial charge < -0.3 is 4.57 Å². The lowest BCUT2D eigenvalue weighted by Crippen LogP contribution is -2.19. The van der Waals surface area contributed by atoms with Gasteiger partial charge in [0.15, 0.2) is 0 Å². The number of rotatable bonds is 5. The van der Waals surface area contributed by atoms with E-state index in [1.165, 1.54) is 49.7 Å². The first-order valence-electron chi connectivity index (χ1n) is 21.0. The lowest BCUT2D eigenvalue weighted by atomic mass is 9.82. The van der Waals surface area contributed by atoms with Gasteiger partial charge in [-0.25, -0.2) is 0 Å². The number of para-hydroxylation sites is 1. The van der Waals surface area contributed by atoms with Crippen molar-refractivity contribution in [2.75, 3.05) is 0 Å². The van der Waals surface area contributed by atoms with Gasteiger partial charge in [-0.2, -0.15) is 0 Å². The molecule has 0 amide bonds. The van der Waals surface area contributed by atoms with E-state index in [-0.39, 0.29) is 11.0 Å². The van der Waals surface area contributed by atoms with E-state index < -0.39 is 0 Å². The highest BCUT2D eigenvalue weighted by Gasteiger charge is 2.36. The summed E-state index contributed by atoms with van der Waals surface area (Å²) in [5.41, 5.74) is 17.1. The molecule has 3 nitrogen and oxygen atoms in total. The smallest absolute Gasteiger partial charge is 0.263 e. The van der Waals surface area contributed by atoms with Crippen LogP contribution in [0.2, 0.25) is 0 Å². The van der Waals surface area contributed by atoms with E-state index in [0.29, 0.717) is 5.39 Å². The van der Waals surface area contributed by atoms with E-state index in [0.717, 1.165) is 55.4 Å². The van der Waals surface area contributed by atoms with Gasteiger partial charge in [0.2, 0.25) is 0 Å². The Labute approximate surface area is 354 Å². The molecule has 0 spiro atoms. The molecule has 61 heavy (non-hydrogen) atoms. The molecule has 1 aliphatic carbocycles. The fourth-order valence-electron chi connectivity index (χ4n) is 10.1. The Hall–Kier alpha value is -7.75. The summed E-state index contributed by atoms with van der Waals surface area (Å²) < 4.78 is 4.32. The van der Waals surface area contributed by atoms with Gasteiger partial charge in [-0.05, 0) is 128 Å². The van der Waals surface area contributed by atoms with Crippen molar-refractivity contribution < 1.29 is 0 Å². The van der Waals surface area contributed by atoms with Gasteiger partial charge in [-0.3, -0.25) is 9.36 Å². The van der Waals surface area contributed by atoms with Crippen LogP contribution in [0.5, 0.6) is 0 Å². The molecule has 0 unspecified atom stereocenters. The fraction of sp³-hybridized carbons (Fsp3) is 0.0517. The van der Waals surface area contributed by atoms with E-state index >= 15 is 0 Å². The fourth-order valence-corrected chi connectivity index (χ4v) is 10.1. The van der Waals surface area contributed by atoms with Gasteiger partial charge in [0.25, 0.3) is 5.56 Å². The molecule has 12 rings (SSSR count). The predicted octanol–water partition coefficient (Wildman–Crippen LogP) is 14.5. The molecule has 0 saturated heterocycles. The molecule has 0 atom stereocenters. The van der Waals surface area contributed by atoms with Gasteiger partial charge in [0.1, 0.15) is 0 Å². The summed E-state index contributed by atoms with van der Waals surface area (Å²) in [5.74, 6) is 0. The highest BCUT2D eigenvalue weighted by atomic mass is 16.1. The zero-order valence-electron chi connectivity index (χ0n) is 33.9. The molecule has 11 aromatic rings. The first kappa shape index (κ1) is 35.2. The molecule has 0 N–H and O–H groups in total. The largest absolute Gasteiger partial charge is 0.309 e. The molecular formula is C58H40N2O. The number of hydrogen-bond donors (Lipinski definition) is 0. The molecule has 0 aliphatic heterocycles.